The molecule has 120 valence electrons. The van der Waals surface area contributed by atoms with Crippen LogP contribution in [0.2, 0.25) is 0 Å². The number of benzene rings is 1. The lowest BCUT2D eigenvalue weighted by molar-refractivity contribution is -0.141. The Labute approximate surface area is 130 Å². The highest BCUT2D eigenvalue weighted by atomic mass is 16.5. The number of methoxy groups -OCH3 is 1. The molecule has 2 saturated heterocycles. The zero-order valence-corrected chi connectivity index (χ0v) is 12.9. The first-order chi connectivity index (χ1) is 10.6. The number of hydrogen-bond donors (Lipinski definition) is 2. The van der Waals surface area contributed by atoms with E-state index in [-0.39, 0.29) is 18.1 Å². The number of para-hydroxylation sites is 1. The molecule has 0 amide bonds. The Morgan fingerprint density at radius 3 is 2.77 bits per heavy atom. The summed E-state index contributed by atoms with van der Waals surface area (Å²) in [6.07, 6.45) is 0.736. The van der Waals surface area contributed by atoms with Crippen molar-refractivity contribution in [1.82, 2.24) is 10.2 Å². The predicted molar refractivity (Wildman–Crippen MR) is 81.4 cm³/mol. The van der Waals surface area contributed by atoms with Crippen LogP contribution in [0.5, 0.6) is 11.5 Å². The van der Waals surface area contributed by atoms with E-state index < -0.39 is 5.97 Å². The van der Waals surface area contributed by atoms with Crippen LogP contribution >= 0.6 is 0 Å². The number of aliphatic carboxylic acids is 1. The van der Waals surface area contributed by atoms with E-state index in [4.69, 9.17) is 14.6 Å². The van der Waals surface area contributed by atoms with Crippen molar-refractivity contribution in [2.45, 2.75) is 18.6 Å². The average Bonchev–Trinajstić information content (AvgIpc) is 2.95. The smallest absolute Gasteiger partial charge is 0.307 e. The van der Waals surface area contributed by atoms with Gasteiger partial charge in [0.15, 0.2) is 11.5 Å². The molecule has 0 aromatic heterocycles. The highest BCUT2D eigenvalue weighted by molar-refractivity contribution is 5.71. The Bertz CT molecular complexity index is 557. The topological polar surface area (TPSA) is 71.0 Å². The van der Waals surface area contributed by atoms with Crippen LogP contribution in [0, 0.1) is 5.92 Å². The first-order valence-corrected chi connectivity index (χ1v) is 7.56. The quantitative estimate of drug-likeness (QED) is 0.849. The summed E-state index contributed by atoms with van der Waals surface area (Å²) in [6.45, 7) is 2.28. The number of ether oxygens (including phenoxy) is 2. The van der Waals surface area contributed by atoms with Crippen LogP contribution < -0.4 is 14.8 Å². The van der Waals surface area contributed by atoms with Crippen LogP contribution in [0.3, 0.4) is 0 Å². The molecule has 2 N–H and O–H groups in total. The summed E-state index contributed by atoms with van der Waals surface area (Å²) in [5.41, 5.74) is 0.984. The number of likely N-dealkylation sites (N-methyl/N-ethyl adjacent to an activating group) is 1. The van der Waals surface area contributed by atoms with Gasteiger partial charge in [0.2, 0.25) is 0 Å². The molecule has 2 unspecified atom stereocenters. The number of carboxylic acid groups (broad SMARTS) is 1. The number of nitrogens with one attached hydrogen (secondary N) is 1. The van der Waals surface area contributed by atoms with Crippen LogP contribution in [0.15, 0.2) is 18.2 Å². The number of likely N-dealkylation sites (tertiary alicyclic amines) is 1. The van der Waals surface area contributed by atoms with Crippen LogP contribution in [0.1, 0.15) is 18.0 Å². The summed E-state index contributed by atoms with van der Waals surface area (Å²) in [4.78, 5) is 13.3. The molecule has 0 aliphatic carbocycles. The van der Waals surface area contributed by atoms with E-state index in [2.05, 4.69) is 17.3 Å². The van der Waals surface area contributed by atoms with Crippen LogP contribution in [-0.2, 0) is 4.79 Å². The Morgan fingerprint density at radius 2 is 2.18 bits per heavy atom. The van der Waals surface area contributed by atoms with E-state index >= 15 is 0 Å². The van der Waals surface area contributed by atoms with Crippen molar-refractivity contribution >= 4 is 5.97 Å². The second kappa shape index (κ2) is 6.14. The monoisotopic (exact) mass is 306 g/mol. The minimum absolute atomic E-state index is 0.0102. The SMILES string of the molecule is COc1cccc(C2CC(C(=O)O)CN2)c1OC1CN(C)C1. The molecule has 1 aromatic rings. The number of nitrogens with zero attached hydrogens (tertiary/aromatic N) is 1. The molecule has 2 aliphatic rings. The van der Waals surface area contributed by atoms with Gasteiger partial charge in [-0.25, -0.2) is 0 Å². The summed E-state index contributed by atoms with van der Waals surface area (Å²) in [7, 11) is 3.68. The number of carboxylic acids is 1. The van der Waals surface area contributed by atoms with Gasteiger partial charge in [-0.05, 0) is 19.5 Å². The van der Waals surface area contributed by atoms with Crippen molar-refractivity contribution in [2.75, 3.05) is 33.8 Å². The number of carbonyl (C=O) groups is 1. The molecule has 2 heterocycles. The van der Waals surface area contributed by atoms with Crippen LogP contribution in [-0.4, -0.2) is 55.9 Å². The van der Waals surface area contributed by atoms with Crippen molar-refractivity contribution in [3.05, 3.63) is 23.8 Å². The third kappa shape index (κ3) is 2.89. The van der Waals surface area contributed by atoms with Gasteiger partial charge in [0.25, 0.3) is 0 Å². The van der Waals surface area contributed by atoms with Gasteiger partial charge in [-0.1, -0.05) is 12.1 Å². The van der Waals surface area contributed by atoms with Gasteiger partial charge >= 0.3 is 5.97 Å². The van der Waals surface area contributed by atoms with Crippen molar-refractivity contribution in [1.29, 1.82) is 0 Å². The molecule has 2 atom stereocenters. The van der Waals surface area contributed by atoms with Gasteiger partial charge in [-0.2, -0.15) is 0 Å². The fourth-order valence-electron chi connectivity index (χ4n) is 3.14. The molecular weight excluding hydrogens is 284 g/mol. The maximum Gasteiger partial charge on any atom is 0.307 e. The molecule has 1 aromatic carbocycles. The Hall–Kier alpha value is -1.79. The van der Waals surface area contributed by atoms with E-state index in [1.807, 2.05) is 18.2 Å². The zero-order valence-electron chi connectivity index (χ0n) is 12.9. The maximum atomic E-state index is 11.2. The lowest BCUT2D eigenvalue weighted by Gasteiger charge is -2.37. The second-order valence-corrected chi connectivity index (χ2v) is 6.07. The first-order valence-electron chi connectivity index (χ1n) is 7.56. The van der Waals surface area contributed by atoms with Gasteiger partial charge in [0, 0.05) is 31.2 Å². The number of hydrogen-bond acceptors (Lipinski definition) is 5. The van der Waals surface area contributed by atoms with E-state index in [0.29, 0.717) is 18.7 Å². The minimum atomic E-state index is -0.749. The summed E-state index contributed by atoms with van der Waals surface area (Å²) in [6, 6.07) is 5.78. The maximum absolute atomic E-state index is 11.2. The van der Waals surface area contributed by atoms with Gasteiger partial charge in [-0.15, -0.1) is 0 Å². The third-order valence-corrected chi connectivity index (χ3v) is 4.40. The fraction of sp³-hybridized carbons (Fsp3) is 0.562. The standard InChI is InChI=1S/C16H22N2O4/c1-18-8-11(9-18)22-15-12(4-3-5-14(15)21-2)13-6-10(7-17-13)16(19)20/h3-5,10-11,13,17H,6-9H2,1-2H3,(H,19,20). The van der Waals surface area contributed by atoms with Crippen LogP contribution in [0.4, 0.5) is 0 Å². The van der Waals surface area contributed by atoms with E-state index in [0.717, 1.165) is 24.4 Å². The second-order valence-electron chi connectivity index (χ2n) is 6.07. The summed E-state index contributed by atoms with van der Waals surface area (Å²) in [5, 5.41) is 12.5. The van der Waals surface area contributed by atoms with Gasteiger partial charge in [0.1, 0.15) is 6.10 Å². The Kier molecular flexibility index (Phi) is 4.22. The number of rotatable bonds is 5. The molecule has 0 radical (unpaired) electrons. The zero-order chi connectivity index (χ0) is 15.7. The van der Waals surface area contributed by atoms with Gasteiger partial charge in [0.05, 0.1) is 13.0 Å². The lowest BCUT2D eigenvalue weighted by Crippen LogP contribution is -2.51. The van der Waals surface area contributed by atoms with E-state index in [1.54, 1.807) is 7.11 Å². The third-order valence-electron chi connectivity index (χ3n) is 4.40. The minimum Gasteiger partial charge on any atom is -0.493 e. The summed E-state index contributed by atoms with van der Waals surface area (Å²) >= 11 is 0. The molecule has 2 fully saturated rings. The molecule has 0 bridgehead atoms. The molecule has 0 spiro atoms. The molecule has 2 aliphatic heterocycles. The van der Waals surface area contributed by atoms with Crippen molar-refractivity contribution in [3.8, 4) is 11.5 Å². The van der Waals surface area contributed by atoms with E-state index in [9.17, 15) is 4.79 Å². The van der Waals surface area contributed by atoms with Gasteiger partial charge < -0.3 is 19.9 Å². The molecule has 0 saturated carbocycles. The van der Waals surface area contributed by atoms with Crippen LogP contribution in [0.25, 0.3) is 0 Å². The Morgan fingerprint density at radius 1 is 1.41 bits per heavy atom. The highest BCUT2D eigenvalue weighted by Gasteiger charge is 2.34. The van der Waals surface area contributed by atoms with Crippen molar-refractivity contribution in [3.63, 3.8) is 0 Å². The molecule has 22 heavy (non-hydrogen) atoms. The highest BCUT2D eigenvalue weighted by Crippen LogP contribution is 2.40. The molecule has 6 nitrogen and oxygen atoms in total. The van der Waals surface area contributed by atoms with Crippen molar-refractivity contribution in [2.24, 2.45) is 5.92 Å². The van der Waals surface area contributed by atoms with E-state index in [1.165, 1.54) is 0 Å². The molecule has 3 rings (SSSR count). The Balaban J connectivity index is 1.82. The summed E-state index contributed by atoms with van der Waals surface area (Å²) in [5.74, 6) is 0.346. The first kappa shape index (κ1) is 15.1. The largest absolute Gasteiger partial charge is 0.493 e. The van der Waals surface area contributed by atoms with Crippen molar-refractivity contribution < 1.29 is 19.4 Å². The molecular formula is C16H22N2O4. The average molecular weight is 306 g/mol. The molecule has 6 heteroatoms. The lowest BCUT2D eigenvalue weighted by atomic mass is 9.99. The van der Waals surface area contributed by atoms with Gasteiger partial charge in [-0.3, -0.25) is 9.69 Å². The fourth-order valence-corrected chi connectivity index (χ4v) is 3.14. The normalized spacial score (nSPS) is 25.7. The summed E-state index contributed by atoms with van der Waals surface area (Å²) < 4.78 is 11.6. The predicted octanol–water partition coefficient (Wildman–Crippen LogP) is 1.12.